The molecule has 1 rings (SSSR count). The number of aliphatic hydroxyl groups excluding tert-OH is 1. The zero-order valence-corrected chi connectivity index (χ0v) is 10.4. The molecule has 1 aromatic heterocycles. The minimum atomic E-state index is -0.350. The molecule has 4 heteroatoms. The Bertz CT molecular complexity index is 328. The van der Waals surface area contributed by atoms with Gasteiger partial charge in [-0.15, -0.1) is 0 Å². The van der Waals surface area contributed by atoms with Gasteiger partial charge in [-0.2, -0.15) is 0 Å². The second kappa shape index (κ2) is 5.82. The maximum atomic E-state index is 9.33. The number of nitrogens with zero attached hydrogens (tertiary/aromatic N) is 2. The first-order chi connectivity index (χ1) is 7.54. The van der Waals surface area contributed by atoms with Crippen molar-refractivity contribution in [1.82, 2.24) is 10.3 Å². The van der Waals surface area contributed by atoms with Gasteiger partial charge in [0.2, 0.25) is 0 Å². The lowest BCUT2D eigenvalue weighted by molar-refractivity contribution is 0.201. The number of aliphatic hydroxyl groups is 1. The molecule has 0 aliphatic carbocycles. The molecule has 0 aliphatic rings. The molecule has 2 N–H and O–H groups in total. The Morgan fingerprint density at radius 3 is 2.75 bits per heavy atom. The molecule has 0 fully saturated rings. The van der Waals surface area contributed by atoms with Crippen molar-refractivity contribution < 1.29 is 5.11 Å². The van der Waals surface area contributed by atoms with E-state index in [1.165, 1.54) is 5.56 Å². The molecule has 0 spiro atoms. The predicted octanol–water partition coefficient (Wildman–Crippen LogP) is 1.18. The van der Waals surface area contributed by atoms with Crippen LogP contribution in [-0.2, 0) is 0 Å². The van der Waals surface area contributed by atoms with Gasteiger partial charge in [0.25, 0.3) is 0 Å². The topological polar surface area (TPSA) is 48.4 Å². The van der Waals surface area contributed by atoms with Crippen molar-refractivity contribution in [2.45, 2.75) is 26.0 Å². The van der Waals surface area contributed by atoms with Crippen LogP contribution < -0.4 is 10.2 Å². The zero-order chi connectivity index (χ0) is 12.1. The Labute approximate surface area is 97.3 Å². The molecule has 0 aromatic carbocycles. The highest BCUT2D eigenvalue weighted by atomic mass is 16.3. The second-order valence-electron chi connectivity index (χ2n) is 4.19. The van der Waals surface area contributed by atoms with Gasteiger partial charge in [0, 0.05) is 25.8 Å². The van der Waals surface area contributed by atoms with E-state index in [-0.39, 0.29) is 6.10 Å². The Morgan fingerprint density at radius 2 is 2.19 bits per heavy atom. The summed E-state index contributed by atoms with van der Waals surface area (Å²) in [6, 6.07) is 4.35. The quantitative estimate of drug-likeness (QED) is 0.787. The highest BCUT2D eigenvalue weighted by Crippen LogP contribution is 2.16. The molecule has 0 saturated heterocycles. The number of rotatable bonds is 5. The van der Waals surface area contributed by atoms with E-state index >= 15 is 0 Å². The zero-order valence-electron chi connectivity index (χ0n) is 10.4. The fourth-order valence-electron chi connectivity index (χ4n) is 1.57. The fourth-order valence-corrected chi connectivity index (χ4v) is 1.57. The molecule has 0 saturated carbocycles. The standard InChI is InChI=1S/C12H21N3O/c1-9(16)8-15(4)12-7-11(5-6-14-12)10(2)13-3/h5-7,9-10,13,16H,8H2,1-4H3. The van der Waals surface area contributed by atoms with Crippen LogP contribution in [0.15, 0.2) is 18.3 Å². The highest BCUT2D eigenvalue weighted by Gasteiger charge is 2.08. The van der Waals surface area contributed by atoms with Crippen molar-refractivity contribution in [3.8, 4) is 0 Å². The van der Waals surface area contributed by atoms with Crippen LogP contribution in [0, 0.1) is 0 Å². The first-order valence-electron chi connectivity index (χ1n) is 5.57. The van der Waals surface area contributed by atoms with Crippen molar-refractivity contribution in [2.75, 3.05) is 25.5 Å². The smallest absolute Gasteiger partial charge is 0.128 e. The van der Waals surface area contributed by atoms with Crippen molar-refractivity contribution in [3.63, 3.8) is 0 Å². The Hall–Kier alpha value is -1.13. The third-order valence-corrected chi connectivity index (χ3v) is 2.63. The van der Waals surface area contributed by atoms with Crippen molar-refractivity contribution >= 4 is 5.82 Å². The van der Waals surface area contributed by atoms with Crippen molar-refractivity contribution in [1.29, 1.82) is 0 Å². The van der Waals surface area contributed by atoms with Crippen LogP contribution in [0.2, 0.25) is 0 Å². The van der Waals surface area contributed by atoms with Crippen LogP contribution in [0.25, 0.3) is 0 Å². The van der Waals surface area contributed by atoms with Gasteiger partial charge in [0.15, 0.2) is 0 Å². The van der Waals surface area contributed by atoms with Crippen LogP contribution in [0.5, 0.6) is 0 Å². The molecule has 0 aliphatic heterocycles. The molecule has 0 amide bonds. The van der Waals surface area contributed by atoms with Crippen molar-refractivity contribution in [2.24, 2.45) is 0 Å². The molecular weight excluding hydrogens is 202 g/mol. The first kappa shape index (κ1) is 12.9. The van der Waals surface area contributed by atoms with E-state index in [1.807, 2.05) is 31.1 Å². The molecule has 2 unspecified atom stereocenters. The maximum absolute atomic E-state index is 9.33. The van der Waals surface area contributed by atoms with E-state index in [0.29, 0.717) is 12.6 Å². The van der Waals surface area contributed by atoms with E-state index in [9.17, 15) is 5.11 Å². The van der Waals surface area contributed by atoms with Crippen molar-refractivity contribution in [3.05, 3.63) is 23.9 Å². The molecule has 1 heterocycles. The molecule has 0 bridgehead atoms. The molecule has 16 heavy (non-hydrogen) atoms. The van der Waals surface area contributed by atoms with E-state index in [1.54, 1.807) is 13.1 Å². The number of nitrogens with one attached hydrogen (secondary N) is 1. The number of likely N-dealkylation sites (N-methyl/N-ethyl adjacent to an activating group) is 1. The van der Waals surface area contributed by atoms with Crippen LogP contribution in [0.3, 0.4) is 0 Å². The summed E-state index contributed by atoms with van der Waals surface area (Å²) in [5, 5.41) is 12.5. The Kier molecular flexibility index (Phi) is 4.71. The van der Waals surface area contributed by atoms with E-state index in [4.69, 9.17) is 0 Å². The lowest BCUT2D eigenvalue weighted by Gasteiger charge is -2.21. The molecule has 90 valence electrons. The second-order valence-corrected chi connectivity index (χ2v) is 4.19. The Balaban J connectivity index is 2.81. The molecule has 0 radical (unpaired) electrons. The number of anilines is 1. The van der Waals surface area contributed by atoms with E-state index in [0.717, 1.165) is 5.82 Å². The maximum Gasteiger partial charge on any atom is 0.128 e. The van der Waals surface area contributed by atoms with Gasteiger partial charge >= 0.3 is 0 Å². The predicted molar refractivity (Wildman–Crippen MR) is 66.7 cm³/mol. The highest BCUT2D eigenvalue weighted by molar-refractivity contribution is 5.41. The monoisotopic (exact) mass is 223 g/mol. The SMILES string of the molecule is CNC(C)c1ccnc(N(C)CC(C)O)c1. The summed E-state index contributed by atoms with van der Waals surface area (Å²) in [4.78, 5) is 6.25. The fraction of sp³-hybridized carbons (Fsp3) is 0.583. The van der Waals surface area contributed by atoms with Gasteiger partial charge in [0.05, 0.1) is 6.10 Å². The van der Waals surface area contributed by atoms with Gasteiger partial charge < -0.3 is 15.3 Å². The van der Waals surface area contributed by atoms with Crippen LogP contribution >= 0.6 is 0 Å². The minimum Gasteiger partial charge on any atom is -0.392 e. The number of aromatic nitrogens is 1. The number of hydrogen-bond donors (Lipinski definition) is 2. The van der Waals surface area contributed by atoms with Crippen LogP contribution in [0.1, 0.15) is 25.5 Å². The summed E-state index contributed by atoms with van der Waals surface area (Å²) < 4.78 is 0. The average molecular weight is 223 g/mol. The third kappa shape index (κ3) is 3.47. The summed E-state index contributed by atoms with van der Waals surface area (Å²) in [6.45, 7) is 4.47. The largest absolute Gasteiger partial charge is 0.392 e. The average Bonchev–Trinajstić information content (AvgIpc) is 2.27. The first-order valence-corrected chi connectivity index (χ1v) is 5.57. The summed E-state index contributed by atoms with van der Waals surface area (Å²) in [5.41, 5.74) is 1.20. The summed E-state index contributed by atoms with van der Waals surface area (Å²) in [7, 11) is 3.87. The summed E-state index contributed by atoms with van der Waals surface area (Å²) in [5.74, 6) is 0.889. The van der Waals surface area contributed by atoms with Gasteiger partial charge in [-0.25, -0.2) is 4.98 Å². The van der Waals surface area contributed by atoms with Gasteiger partial charge in [-0.3, -0.25) is 0 Å². The lowest BCUT2D eigenvalue weighted by Crippen LogP contribution is -2.27. The van der Waals surface area contributed by atoms with Crippen LogP contribution in [0.4, 0.5) is 5.82 Å². The normalized spacial score (nSPS) is 14.6. The number of hydrogen-bond acceptors (Lipinski definition) is 4. The van der Waals surface area contributed by atoms with Crippen LogP contribution in [-0.4, -0.2) is 36.8 Å². The lowest BCUT2D eigenvalue weighted by atomic mass is 10.1. The molecular formula is C12H21N3O. The Morgan fingerprint density at radius 1 is 1.50 bits per heavy atom. The molecule has 2 atom stereocenters. The van der Waals surface area contributed by atoms with Gasteiger partial charge in [-0.1, -0.05) is 0 Å². The third-order valence-electron chi connectivity index (χ3n) is 2.63. The molecule has 1 aromatic rings. The van der Waals surface area contributed by atoms with E-state index in [2.05, 4.69) is 17.2 Å². The van der Waals surface area contributed by atoms with Gasteiger partial charge in [-0.05, 0) is 38.6 Å². The minimum absolute atomic E-state index is 0.307. The molecule has 4 nitrogen and oxygen atoms in total. The summed E-state index contributed by atoms with van der Waals surface area (Å²) >= 11 is 0. The van der Waals surface area contributed by atoms with E-state index < -0.39 is 0 Å². The van der Waals surface area contributed by atoms with Gasteiger partial charge in [0.1, 0.15) is 5.82 Å². The number of pyridine rings is 1. The summed E-state index contributed by atoms with van der Waals surface area (Å²) in [6.07, 6.45) is 1.45.